The van der Waals surface area contributed by atoms with Gasteiger partial charge < -0.3 is 18.8 Å². The summed E-state index contributed by atoms with van der Waals surface area (Å²) >= 11 is 0. The molecule has 0 aromatic carbocycles. The fourth-order valence-electron chi connectivity index (χ4n) is 3.86. The number of nitrogens with zero attached hydrogens (tertiary/aromatic N) is 5. The molecule has 6 rings (SSSR count). The van der Waals surface area contributed by atoms with Gasteiger partial charge in [0, 0.05) is 49.2 Å². The highest BCUT2D eigenvalue weighted by Gasteiger charge is 2.53. The van der Waals surface area contributed by atoms with Gasteiger partial charge in [0.2, 0.25) is 5.89 Å². The van der Waals surface area contributed by atoms with Gasteiger partial charge in [-0.05, 0) is 25.0 Å². The van der Waals surface area contributed by atoms with E-state index in [2.05, 4.69) is 15.2 Å². The Bertz CT molecular complexity index is 915. The normalized spacial score (nSPS) is 25.9. The zero-order valence-corrected chi connectivity index (χ0v) is 14.9. The zero-order valence-electron chi connectivity index (χ0n) is 14.9. The van der Waals surface area contributed by atoms with E-state index in [1.54, 1.807) is 24.5 Å². The molecule has 6 heterocycles. The third kappa shape index (κ3) is 2.82. The maximum atomic E-state index is 12.1. The first kappa shape index (κ1) is 16.9. The number of esters is 2. The molecular weight excluding hydrogens is 366 g/mol. The number of rotatable bonds is 2. The van der Waals surface area contributed by atoms with Crippen molar-refractivity contribution in [1.29, 1.82) is 0 Å². The molecule has 2 aromatic heterocycles. The summed E-state index contributed by atoms with van der Waals surface area (Å²) in [5.41, 5.74) is 0.753. The standard InChI is InChI=1S/C18H17N5O5/c24-14-1-2-15(25)28-18(27-14)11-23(13-5-9-22(18)10-6-13)17-21-20-16(26-17)12-3-7-19-8-4-12/h1-4,7-8,13H,5-6,9-11H2. The summed E-state index contributed by atoms with van der Waals surface area (Å²) in [4.78, 5) is 31.9. The van der Waals surface area contributed by atoms with E-state index >= 15 is 0 Å². The predicted octanol–water partition coefficient (Wildman–Crippen LogP) is 0.726. The van der Waals surface area contributed by atoms with E-state index in [9.17, 15) is 9.59 Å². The first-order valence-corrected chi connectivity index (χ1v) is 9.03. The molecule has 10 nitrogen and oxygen atoms in total. The third-order valence-electron chi connectivity index (χ3n) is 5.22. The van der Waals surface area contributed by atoms with Crippen LogP contribution in [0.1, 0.15) is 12.8 Å². The van der Waals surface area contributed by atoms with E-state index in [-0.39, 0.29) is 12.6 Å². The van der Waals surface area contributed by atoms with Gasteiger partial charge in [-0.2, -0.15) is 0 Å². The van der Waals surface area contributed by atoms with Crippen LogP contribution in [0.5, 0.6) is 0 Å². The van der Waals surface area contributed by atoms with E-state index < -0.39 is 17.8 Å². The number of carbonyl (C=O) groups excluding carboxylic acids is 2. The molecule has 1 spiro atoms. The van der Waals surface area contributed by atoms with Crippen LogP contribution in [0.2, 0.25) is 0 Å². The van der Waals surface area contributed by atoms with Crippen molar-refractivity contribution < 1.29 is 23.5 Å². The van der Waals surface area contributed by atoms with E-state index in [1.807, 2.05) is 9.80 Å². The second-order valence-electron chi connectivity index (χ2n) is 6.86. The Kier molecular flexibility index (Phi) is 3.86. The minimum Gasteiger partial charge on any atom is -0.403 e. The van der Waals surface area contributed by atoms with Gasteiger partial charge in [-0.25, -0.2) is 14.5 Å². The lowest BCUT2D eigenvalue weighted by Crippen LogP contribution is -2.58. The molecule has 0 N–H and O–H groups in total. The molecular formula is C18H17N5O5. The quantitative estimate of drug-likeness (QED) is 0.688. The van der Waals surface area contributed by atoms with Crippen LogP contribution < -0.4 is 4.90 Å². The minimum atomic E-state index is -1.52. The van der Waals surface area contributed by atoms with Gasteiger partial charge in [-0.3, -0.25) is 4.98 Å². The molecule has 28 heavy (non-hydrogen) atoms. The molecule has 3 saturated heterocycles. The fraction of sp³-hybridized carbons (Fsp3) is 0.389. The Morgan fingerprint density at radius 2 is 1.68 bits per heavy atom. The first-order valence-electron chi connectivity index (χ1n) is 9.03. The Balaban J connectivity index is 1.51. The van der Waals surface area contributed by atoms with Gasteiger partial charge in [0.15, 0.2) is 0 Å². The van der Waals surface area contributed by atoms with Crippen LogP contribution in [0, 0.1) is 0 Å². The fourth-order valence-corrected chi connectivity index (χ4v) is 3.86. The molecule has 3 fully saturated rings. The number of pyridine rings is 1. The summed E-state index contributed by atoms with van der Waals surface area (Å²) in [6.07, 6.45) is 7.02. The summed E-state index contributed by atoms with van der Waals surface area (Å²) < 4.78 is 17.1. The highest BCUT2D eigenvalue weighted by Crippen LogP contribution is 2.36. The molecule has 10 heteroatoms. The first-order chi connectivity index (χ1) is 13.6. The molecule has 144 valence electrons. The van der Waals surface area contributed by atoms with Crippen LogP contribution >= 0.6 is 0 Å². The zero-order chi connectivity index (χ0) is 19.1. The van der Waals surface area contributed by atoms with Crippen molar-refractivity contribution in [3.63, 3.8) is 0 Å². The highest BCUT2D eigenvalue weighted by atomic mass is 16.8. The number of hydrogen-bond acceptors (Lipinski definition) is 10. The molecule has 0 aliphatic carbocycles. The molecule has 0 radical (unpaired) electrons. The maximum Gasteiger partial charge on any atom is 0.339 e. The van der Waals surface area contributed by atoms with Crippen molar-refractivity contribution in [1.82, 2.24) is 20.1 Å². The number of fused-ring (bicyclic) bond motifs is 3. The molecule has 0 saturated carbocycles. The summed E-state index contributed by atoms with van der Waals surface area (Å²) in [6, 6.07) is 3.96. The molecule has 4 aliphatic heterocycles. The number of hydrogen-bond donors (Lipinski definition) is 0. The van der Waals surface area contributed by atoms with E-state index in [1.165, 1.54) is 0 Å². The average molecular weight is 383 g/mol. The summed E-state index contributed by atoms with van der Waals surface area (Å²) in [7, 11) is 0. The topological polar surface area (TPSA) is 111 Å². The lowest BCUT2D eigenvalue weighted by atomic mass is 10.1. The average Bonchev–Trinajstić information content (AvgIpc) is 3.04. The highest BCUT2D eigenvalue weighted by molar-refractivity contribution is 5.93. The molecule has 0 amide bonds. The van der Waals surface area contributed by atoms with Gasteiger partial charge in [0.05, 0.1) is 0 Å². The summed E-state index contributed by atoms with van der Waals surface area (Å²) in [5.74, 6) is -2.41. The van der Waals surface area contributed by atoms with Crippen LogP contribution in [0.4, 0.5) is 6.01 Å². The van der Waals surface area contributed by atoms with Crippen molar-refractivity contribution in [2.24, 2.45) is 0 Å². The molecule has 4 aliphatic rings. The van der Waals surface area contributed by atoms with E-state index in [0.29, 0.717) is 25.0 Å². The number of aromatic nitrogens is 3. The molecule has 2 bridgehead atoms. The number of anilines is 1. The maximum absolute atomic E-state index is 12.1. The van der Waals surface area contributed by atoms with Gasteiger partial charge >= 0.3 is 23.9 Å². The van der Waals surface area contributed by atoms with Crippen LogP contribution in [0.15, 0.2) is 41.1 Å². The van der Waals surface area contributed by atoms with E-state index in [0.717, 1.165) is 30.6 Å². The van der Waals surface area contributed by atoms with Gasteiger partial charge in [0.1, 0.15) is 6.54 Å². The predicted molar refractivity (Wildman–Crippen MR) is 93.5 cm³/mol. The van der Waals surface area contributed by atoms with Crippen LogP contribution in [-0.4, -0.2) is 63.6 Å². The van der Waals surface area contributed by atoms with Crippen molar-refractivity contribution in [2.75, 3.05) is 24.5 Å². The Morgan fingerprint density at radius 3 is 2.36 bits per heavy atom. The van der Waals surface area contributed by atoms with Gasteiger partial charge in [0.25, 0.3) is 0 Å². The van der Waals surface area contributed by atoms with Gasteiger partial charge in [-0.1, -0.05) is 5.10 Å². The second kappa shape index (κ2) is 6.41. The van der Waals surface area contributed by atoms with Crippen molar-refractivity contribution in [3.05, 3.63) is 36.7 Å². The summed E-state index contributed by atoms with van der Waals surface area (Å²) in [5, 5.41) is 8.32. The third-order valence-corrected chi connectivity index (χ3v) is 5.22. The Morgan fingerprint density at radius 1 is 1.00 bits per heavy atom. The lowest BCUT2D eigenvalue weighted by Gasteiger charge is -2.39. The number of piperidine rings is 1. The van der Waals surface area contributed by atoms with Crippen LogP contribution in [0.25, 0.3) is 11.5 Å². The van der Waals surface area contributed by atoms with Crippen LogP contribution in [-0.2, 0) is 19.1 Å². The Labute approximate surface area is 159 Å². The Hall–Kier alpha value is -3.27. The molecule has 0 unspecified atom stereocenters. The molecule has 2 aromatic rings. The lowest BCUT2D eigenvalue weighted by molar-refractivity contribution is -0.274. The van der Waals surface area contributed by atoms with Crippen molar-refractivity contribution in [2.45, 2.75) is 24.8 Å². The van der Waals surface area contributed by atoms with E-state index in [4.69, 9.17) is 13.9 Å². The molecule has 0 atom stereocenters. The SMILES string of the molecule is O=C1C=CC(=O)OC2(CN(c3nnc(-c4ccncc4)o3)C3CCN2CC3)O1. The van der Waals surface area contributed by atoms with Crippen LogP contribution in [0.3, 0.4) is 0 Å². The van der Waals surface area contributed by atoms with Gasteiger partial charge in [-0.15, -0.1) is 5.10 Å². The minimum absolute atomic E-state index is 0.0921. The second-order valence-corrected chi connectivity index (χ2v) is 6.86. The summed E-state index contributed by atoms with van der Waals surface area (Å²) in [6.45, 7) is 1.33. The van der Waals surface area contributed by atoms with Crippen molar-refractivity contribution in [3.8, 4) is 11.5 Å². The smallest absolute Gasteiger partial charge is 0.339 e. The largest absolute Gasteiger partial charge is 0.403 e. The number of ether oxygens (including phenoxy) is 2. The van der Waals surface area contributed by atoms with Crippen molar-refractivity contribution >= 4 is 18.0 Å². The monoisotopic (exact) mass is 383 g/mol. The number of carbonyl (C=O) groups is 2.